The summed E-state index contributed by atoms with van der Waals surface area (Å²) in [6.07, 6.45) is 3.58. The van der Waals surface area contributed by atoms with Gasteiger partial charge in [0.05, 0.1) is 6.61 Å². The Labute approximate surface area is 119 Å². The van der Waals surface area contributed by atoms with E-state index >= 15 is 0 Å². The number of hydrogen-bond acceptors (Lipinski definition) is 4. The minimum Gasteiger partial charge on any atom is -0.394 e. The fraction of sp³-hybridized carbons (Fsp3) is 1.00. The normalized spacial score (nSPS) is 24.9. The zero-order chi connectivity index (χ0) is 14.5. The van der Waals surface area contributed by atoms with Crippen molar-refractivity contribution in [1.82, 2.24) is 15.1 Å². The van der Waals surface area contributed by atoms with E-state index in [0.717, 1.165) is 13.0 Å². The lowest BCUT2D eigenvalue weighted by Gasteiger charge is -2.38. The highest BCUT2D eigenvalue weighted by atomic mass is 16.3. The largest absolute Gasteiger partial charge is 0.394 e. The molecule has 0 saturated carbocycles. The second-order valence-corrected chi connectivity index (χ2v) is 6.81. The first-order chi connectivity index (χ1) is 8.86. The van der Waals surface area contributed by atoms with Crippen molar-refractivity contribution in [1.29, 1.82) is 0 Å². The Morgan fingerprint density at radius 1 is 1.47 bits per heavy atom. The average Bonchev–Trinajstić information content (AvgIpc) is 2.35. The van der Waals surface area contributed by atoms with Gasteiger partial charge in [-0.3, -0.25) is 0 Å². The maximum atomic E-state index is 9.61. The van der Waals surface area contributed by atoms with E-state index in [4.69, 9.17) is 0 Å². The van der Waals surface area contributed by atoms with Crippen molar-refractivity contribution in [2.75, 3.05) is 40.3 Å². The van der Waals surface area contributed by atoms with Gasteiger partial charge in [-0.15, -0.1) is 0 Å². The van der Waals surface area contributed by atoms with Gasteiger partial charge in [0.15, 0.2) is 0 Å². The quantitative estimate of drug-likeness (QED) is 0.729. The Morgan fingerprint density at radius 3 is 2.68 bits per heavy atom. The smallest absolute Gasteiger partial charge is 0.0611 e. The van der Waals surface area contributed by atoms with E-state index in [-0.39, 0.29) is 12.1 Å². The van der Waals surface area contributed by atoms with Crippen LogP contribution < -0.4 is 5.32 Å². The Balaban J connectivity index is 2.40. The van der Waals surface area contributed by atoms with E-state index in [1.54, 1.807) is 0 Å². The first-order valence-corrected chi connectivity index (χ1v) is 7.63. The predicted molar refractivity (Wildman–Crippen MR) is 81.5 cm³/mol. The Hall–Kier alpha value is -0.160. The summed E-state index contributed by atoms with van der Waals surface area (Å²) in [7, 11) is 4.43. The van der Waals surface area contributed by atoms with E-state index in [9.17, 15) is 5.11 Å². The summed E-state index contributed by atoms with van der Waals surface area (Å²) in [4.78, 5) is 4.88. The third-order valence-electron chi connectivity index (χ3n) is 4.23. The van der Waals surface area contributed by atoms with Gasteiger partial charge in [-0.2, -0.15) is 0 Å². The number of nitrogens with one attached hydrogen (secondary N) is 1. The lowest BCUT2D eigenvalue weighted by molar-refractivity contribution is 0.105. The van der Waals surface area contributed by atoms with Crippen molar-refractivity contribution in [2.24, 2.45) is 0 Å². The van der Waals surface area contributed by atoms with Gasteiger partial charge in [-0.1, -0.05) is 13.8 Å². The molecule has 1 saturated heterocycles. The van der Waals surface area contributed by atoms with E-state index in [2.05, 4.69) is 50.0 Å². The molecule has 2 N–H and O–H groups in total. The predicted octanol–water partition coefficient (Wildman–Crippen LogP) is 1.15. The highest BCUT2D eigenvalue weighted by molar-refractivity contribution is 4.86. The number of likely N-dealkylation sites (tertiary alicyclic amines) is 1. The molecule has 1 aliphatic rings. The second kappa shape index (κ2) is 7.58. The van der Waals surface area contributed by atoms with Gasteiger partial charge in [0.1, 0.15) is 0 Å². The van der Waals surface area contributed by atoms with E-state index in [1.165, 1.54) is 25.9 Å². The highest BCUT2D eigenvalue weighted by Gasteiger charge is 2.26. The fourth-order valence-electron chi connectivity index (χ4n) is 3.00. The number of hydrogen-bond donors (Lipinski definition) is 2. The molecule has 4 heteroatoms. The number of aliphatic hydroxyl groups excluding tert-OH is 1. The topological polar surface area (TPSA) is 38.7 Å². The third kappa shape index (κ3) is 5.78. The second-order valence-electron chi connectivity index (χ2n) is 6.81. The van der Waals surface area contributed by atoms with E-state index in [0.29, 0.717) is 12.1 Å². The van der Waals surface area contributed by atoms with Crippen LogP contribution in [0.5, 0.6) is 0 Å². The lowest BCUT2D eigenvalue weighted by atomic mass is 9.96. The summed E-state index contributed by atoms with van der Waals surface area (Å²) in [5, 5.41) is 13.1. The molecule has 0 aliphatic carbocycles. The number of nitrogens with zero attached hydrogens (tertiary/aromatic N) is 2. The number of aliphatic hydroxyl groups is 1. The van der Waals surface area contributed by atoms with Gasteiger partial charge in [0, 0.05) is 30.7 Å². The molecule has 4 nitrogen and oxygen atoms in total. The molecule has 2 unspecified atom stereocenters. The molecule has 0 aromatic rings. The van der Waals surface area contributed by atoms with Crippen LogP contribution in [-0.4, -0.2) is 72.9 Å². The summed E-state index contributed by atoms with van der Waals surface area (Å²) in [6.45, 7) is 10.0. The molecule has 114 valence electrons. The van der Waals surface area contributed by atoms with Crippen LogP contribution in [-0.2, 0) is 0 Å². The van der Waals surface area contributed by atoms with Crippen molar-refractivity contribution >= 4 is 0 Å². The van der Waals surface area contributed by atoms with E-state index in [1.807, 2.05) is 0 Å². The molecule has 1 heterocycles. The zero-order valence-electron chi connectivity index (χ0n) is 13.4. The minimum absolute atomic E-state index is 0.164. The summed E-state index contributed by atoms with van der Waals surface area (Å²) in [5.74, 6) is 0. The van der Waals surface area contributed by atoms with Gasteiger partial charge in [0.25, 0.3) is 0 Å². The number of rotatable bonds is 7. The van der Waals surface area contributed by atoms with Gasteiger partial charge in [-0.25, -0.2) is 0 Å². The summed E-state index contributed by atoms with van der Waals surface area (Å²) >= 11 is 0. The molecule has 2 atom stereocenters. The highest BCUT2D eigenvalue weighted by Crippen LogP contribution is 2.16. The van der Waals surface area contributed by atoms with Crippen LogP contribution in [0.15, 0.2) is 0 Å². The van der Waals surface area contributed by atoms with Gasteiger partial charge in [0.2, 0.25) is 0 Å². The summed E-state index contributed by atoms with van der Waals surface area (Å²) in [6, 6.07) is 1.07. The van der Waals surface area contributed by atoms with Crippen LogP contribution in [0, 0.1) is 0 Å². The first kappa shape index (κ1) is 16.9. The SMILES string of the molecule is CC(C)NC(C)(CO)CCN(C)C1CCCN(C)C1. The summed E-state index contributed by atoms with van der Waals surface area (Å²) < 4.78 is 0. The first-order valence-electron chi connectivity index (χ1n) is 7.63. The molecule has 1 aliphatic heterocycles. The van der Waals surface area contributed by atoms with Crippen LogP contribution in [0.4, 0.5) is 0 Å². The molecule has 0 aromatic heterocycles. The molecule has 0 aromatic carbocycles. The summed E-state index contributed by atoms with van der Waals surface area (Å²) in [5.41, 5.74) is -0.164. The number of piperidine rings is 1. The maximum absolute atomic E-state index is 9.61. The van der Waals surface area contributed by atoms with Crippen molar-refractivity contribution in [2.45, 2.75) is 57.7 Å². The molecule has 0 amide bonds. The van der Waals surface area contributed by atoms with Crippen molar-refractivity contribution < 1.29 is 5.11 Å². The molecule has 1 rings (SSSR count). The maximum Gasteiger partial charge on any atom is 0.0611 e. The Bertz CT molecular complexity index is 260. The van der Waals surface area contributed by atoms with Crippen LogP contribution in [0.25, 0.3) is 0 Å². The van der Waals surface area contributed by atoms with Crippen molar-refractivity contribution in [3.8, 4) is 0 Å². The molecule has 0 radical (unpaired) electrons. The van der Waals surface area contributed by atoms with Crippen molar-refractivity contribution in [3.63, 3.8) is 0 Å². The standard InChI is InChI=1S/C15H33N3O/c1-13(2)16-15(3,12-19)8-10-18(5)14-7-6-9-17(4)11-14/h13-14,16,19H,6-12H2,1-5H3. The van der Waals surface area contributed by atoms with Crippen LogP contribution in [0.2, 0.25) is 0 Å². The van der Waals surface area contributed by atoms with Crippen molar-refractivity contribution in [3.05, 3.63) is 0 Å². The van der Waals surface area contributed by atoms with Gasteiger partial charge in [-0.05, 0) is 46.8 Å². The molecule has 0 bridgehead atoms. The van der Waals surface area contributed by atoms with Crippen LogP contribution >= 0.6 is 0 Å². The molecular weight excluding hydrogens is 238 g/mol. The van der Waals surface area contributed by atoms with Crippen LogP contribution in [0.3, 0.4) is 0 Å². The van der Waals surface area contributed by atoms with Crippen LogP contribution in [0.1, 0.15) is 40.0 Å². The lowest BCUT2D eigenvalue weighted by Crippen LogP contribution is -2.52. The average molecular weight is 271 g/mol. The molecule has 1 fully saturated rings. The van der Waals surface area contributed by atoms with Gasteiger partial charge >= 0.3 is 0 Å². The Morgan fingerprint density at radius 2 is 2.16 bits per heavy atom. The fourth-order valence-corrected chi connectivity index (χ4v) is 3.00. The monoisotopic (exact) mass is 271 g/mol. The molecule has 0 spiro atoms. The number of likely N-dealkylation sites (N-methyl/N-ethyl adjacent to an activating group) is 2. The molecular formula is C15H33N3O. The minimum atomic E-state index is -0.164. The zero-order valence-corrected chi connectivity index (χ0v) is 13.4. The van der Waals surface area contributed by atoms with E-state index < -0.39 is 0 Å². The Kier molecular flexibility index (Phi) is 6.74. The van der Waals surface area contributed by atoms with Gasteiger partial charge < -0.3 is 20.2 Å². The molecule has 19 heavy (non-hydrogen) atoms. The third-order valence-corrected chi connectivity index (χ3v) is 4.23.